The van der Waals surface area contributed by atoms with Crippen LogP contribution in [0.4, 0.5) is 5.69 Å². The molecule has 0 aliphatic carbocycles. The summed E-state index contributed by atoms with van der Waals surface area (Å²) < 4.78 is 30.1. The van der Waals surface area contributed by atoms with E-state index in [2.05, 4.69) is 21.2 Å². The fourth-order valence-corrected chi connectivity index (χ4v) is 6.56. The van der Waals surface area contributed by atoms with Gasteiger partial charge in [0.1, 0.15) is 12.6 Å². The number of nitrogens with zero attached hydrogens (tertiary/aromatic N) is 2. The number of halogens is 1. The van der Waals surface area contributed by atoms with Gasteiger partial charge in [-0.1, -0.05) is 94.8 Å². The van der Waals surface area contributed by atoms with Crippen molar-refractivity contribution in [2.45, 2.75) is 50.7 Å². The van der Waals surface area contributed by atoms with Gasteiger partial charge in [-0.15, -0.1) is 0 Å². The van der Waals surface area contributed by atoms with Gasteiger partial charge in [0.2, 0.25) is 11.8 Å². The summed E-state index contributed by atoms with van der Waals surface area (Å²) in [5, 5.41) is 2.97. The second-order valence-electron chi connectivity index (χ2n) is 10.6. The van der Waals surface area contributed by atoms with Gasteiger partial charge < -0.3 is 10.2 Å². The zero-order valence-corrected chi connectivity index (χ0v) is 26.9. The second kappa shape index (κ2) is 14.5. The molecule has 0 aliphatic rings. The smallest absolute Gasteiger partial charge is 0.264 e. The van der Waals surface area contributed by atoms with Crippen LogP contribution in [-0.2, 0) is 32.6 Å². The van der Waals surface area contributed by atoms with Crippen LogP contribution >= 0.6 is 15.9 Å². The number of nitrogens with one attached hydrogen (secondary N) is 1. The van der Waals surface area contributed by atoms with Crippen LogP contribution in [-0.4, -0.2) is 43.8 Å². The van der Waals surface area contributed by atoms with Crippen molar-refractivity contribution in [1.29, 1.82) is 0 Å². The van der Waals surface area contributed by atoms with E-state index in [1.54, 1.807) is 43.3 Å². The van der Waals surface area contributed by atoms with Gasteiger partial charge in [-0.05, 0) is 67.8 Å². The molecular weight excluding hydrogens is 626 g/mol. The molecule has 2 amide bonds. The molecule has 1 N–H and O–H groups in total. The molecule has 0 aromatic heterocycles. The zero-order chi connectivity index (χ0) is 31.0. The third-order valence-corrected chi connectivity index (χ3v) is 9.27. The lowest BCUT2D eigenvalue weighted by Gasteiger charge is -2.34. The van der Waals surface area contributed by atoms with E-state index in [-0.39, 0.29) is 29.8 Å². The second-order valence-corrected chi connectivity index (χ2v) is 13.4. The highest BCUT2D eigenvalue weighted by Crippen LogP contribution is 2.27. The van der Waals surface area contributed by atoms with Gasteiger partial charge in [0, 0.05) is 23.5 Å². The van der Waals surface area contributed by atoms with Gasteiger partial charge >= 0.3 is 0 Å². The van der Waals surface area contributed by atoms with Crippen molar-refractivity contribution in [2.75, 3.05) is 10.8 Å². The predicted octanol–water partition coefficient (Wildman–Crippen LogP) is 6.12. The van der Waals surface area contributed by atoms with Gasteiger partial charge in [-0.2, -0.15) is 0 Å². The highest BCUT2D eigenvalue weighted by Gasteiger charge is 2.35. The Morgan fingerprint density at radius 3 is 1.98 bits per heavy atom. The predicted molar refractivity (Wildman–Crippen MR) is 174 cm³/mol. The van der Waals surface area contributed by atoms with E-state index in [0.717, 1.165) is 19.9 Å². The number of hydrogen-bond donors (Lipinski definition) is 1. The Hall–Kier alpha value is -3.95. The minimum Gasteiger partial charge on any atom is -0.352 e. The maximum absolute atomic E-state index is 14.4. The number of benzene rings is 4. The van der Waals surface area contributed by atoms with Gasteiger partial charge in [0.05, 0.1) is 10.6 Å². The Labute approximate surface area is 262 Å². The summed E-state index contributed by atoms with van der Waals surface area (Å²) in [6.07, 6.45) is 0.261. The number of sulfonamides is 1. The number of amides is 2. The lowest BCUT2D eigenvalue weighted by molar-refractivity contribution is -0.140. The lowest BCUT2D eigenvalue weighted by Crippen LogP contribution is -2.54. The molecular formula is C34H36BrN3O4S. The van der Waals surface area contributed by atoms with Gasteiger partial charge in [-0.25, -0.2) is 8.42 Å². The lowest BCUT2D eigenvalue weighted by atomic mass is 10.0. The number of para-hydroxylation sites is 1. The molecule has 4 aromatic carbocycles. The molecule has 7 nitrogen and oxygen atoms in total. The Bertz CT molecular complexity index is 1630. The molecule has 224 valence electrons. The molecule has 0 unspecified atom stereocenters. The summed E-state index contributed by atoms with van der Waals surface area (Å²) in [4.78, 5) is 29.7. The molecule has 43 heavy (non-hydrogen) atoms. The van der Waals surface area contributed by atoms with E-state index >= 15 is 0 Å². The van der Waals surface area contributed by atoms with Crippen molar-refractivity contribution in [3.63, 3.8) is 0 Å². The molecule has 0 saturated carbocycles. The molecule has 0 saturated heterocycles. The zero-order valence-electron chi connectivity index (χ0n) is 24.5. The number of aryl methyl sites for hydroxylation is 1. The minimum absolute atomic E-state index is 0.0731. The van der Waals surface area contributed by atoms with Crippen LogP contribution in [0.3, 0.4) is 0 Å². The molecule has 0 fully saturated rings. The fourth-order valence-electron chi connectivity index (χ4n) is 4.80. The molecule has 4 aromatic rings. The average molecular weight is 663 g/mol. The molecule has 0 heterocycles. The third kappa shape index (κ3) is 8.33. The van der Waals surface area contributed by atoms with Gasteiger partial charge in [0.15, 0.2) is 0 Å². The van der Waals surface area contributed by atoms with Crippen molar-refractivity contribution in [3.05, 3.63) is 130 Å². The summed E-state index contributed by atoms with van der Waals surface area (Å²) in [6.45, 7) is 5.16. The van der Waals surface area contributed by atoms with Crippen molar-refractivity contribution < 1.29 is 18.0 Å². The van der Waals surface area contributed by atoms with Crippen LogP contribution in [0.5, 0.6) is 0 Å². The maximum Gasteiger partial charge on any atom is 0.264 e. The van der Waals surface area contributed by atoms with Gasteiger partial charge in [-0.3, -0.25) is 13.9 Å². The highest BCUT2D eigenvalue weighted by molar-refractivity contribution is 9.10. The largest absolute Gasteiger partial charge is 0.352 e. The van der Waals surface area contributed by atoms with Crippen molar-refractivity contribution in [3.8, 4) is 0 Å². The number of carbonyl (C=O) groups excluding carboxylic acids is 2. The van der Waals surface area contributed by atoms with Crippen molar-refractivity contribution in [1.82, 2.24) is 10.2 Å². The Morgan fingerprint density at radius 2 is 1.37 bits per heavy atom. The van der Waals surface area contributed by atoms with Crippen LogP contribution in [0.1, 0.15) is 30.5 Å². The van der Waals surface area contributed by atoms with E-state index in [1.165, 1.54) is 17.0 Å². The van der Waals surface area contributed by atoms with E-state index in [0.29, 0.717) is 11.3 Å². The summed E-state index contributed by atoms with van der Waals surface area (Å²) in [7, 11) is -4.13. The highest BCUT2D eigenvalue weighted by atomic mass is 79.9. The van der Waals surface area contributed by atoms with E-state index in [9.17, 15) is 18.0 Å². The first-order chi connectivity index (χ1) is 20.6. The van der Waals surface area contributed by atoms with Crippen LogP contribution in [0.15, 0.2) is 119 Å². The molecule has 0 aliphatic heterocycles. The molecule has 0 radical (unpaired) electrons. The summed E-state index contributed by atoms with van der Waals surface area (Å²) >= 11 is 3.46. The summed E-state index contributed by atoms with van der Waals surface area (Å²) in [5.41, 5.74) is 2.79. The third-order valence-electron chi connectivity index (χ3n) is 6.96. The molecule has 9 heteroatoms. The topological polar surface area (TPSA) is 86.8 Å². The van der Waals surface area contributed by atoms with Crippen molar-refractivity contribution in [2.24, 2.45) is 0 Å². The van der Waals surface area contributed by atoms with Crippen molar-refractivity contribution >= 4 is 43.5 Å². The molecule has 0 bridgehead atoms. The summed E-state index contributed by atoms with van der Waals surface area (Å²) in [6, 6.07) is 31.1. The van der Waals surface area contributed by atoms with E-state index in [4.69, 9.17) is 0 Å². The summed E-state index contributed by atoms with van der Waals surface area (Å²) in [5.74, 6) is -0.803. The first-order valence-corrected chi connectivity index (χ1v) is 16.3. The quantitative estimate of drug-likeness (QED) is 0.198. The number of hydrogen-bond acceptors (Lipinski definition) is 4. The van der Waals surface area contributed by atoms with E-state index in [1.807, 2.05) is 74.5 Å². The Kier molecular flexibility index (Phi) is 10.8. The first kappa shape index (κ1) is 32.0. The standard InChI is InChI=1S/C34H36BrN3O4S/c1-25(2)36-34(40)32(22-27-13-6-4-7-14-27)37(23-28-18-20-29(35)21-19-28)33(39)24-38(31-17-11-10-12-26(31)3)43(41,42)30-15-8-5-9-16-30/h4-21,25,32H,22-24H2,1-3H3,(H,36,40)/t32-/m1/s1. The van der Waals surface area contributed by atoms with Crippen LogP contribution in [0.25, 0.3) is 0 Å². The SMILES string of the molecule is Cc1ccccc1N(CC(=O)N(Cc1ccc(Br)cc1)[C@H](Cc1ccccc1)C(=O)NC(C)C)S(=O)(=O)c1ccccc1. The number of carbonyl (C=O) groups is 2. The molecule has 4 rings (SSSR count). The Balaban J connectivity index is 1.80. The average Bonchev–Trinajstić information content (AvgIpc) is 2.99. The number of anilines is 1. The Morgan fingerprint density at radius 1 is 0.791 bits per heavy atom. The number of rotatable bonds is 12. The van der Waals surface area contributed by atoms with Crippen LogP contribution in [0, 0.1) is 6.92 Å². The maximum atomic E-state index is 14.4. The normalized spacial score (nSPS) is 12.0. The van der Waals surface area contributed by atoms with E-state index < -0.39 is 28.5 Å². The fraction of sp³-hybridized carbons (Fsp3) is 0.235. The monoisotopic (exact) mass is 661 g/mol. The first-order valence-electron chi connectivity index (χ1n) is 14.1. The van der Waals surface area contributed by atoms with Crippen LogP contribution < -0.4 is 9.62 Å². The van der Waals surface area contributed by atoms with Gasteiger partial charge in [0.25, 0.3) is 10.0 Å². The molecule has 1 atom stereocenters. The molecule has 0 spiro atoms. The minimum atomic E-state index is -4.13. The van der Waals surface area contributed by atoms with Crippen LogP contribution in [0.2, 0.25) is 0 Å².